The molecule has 1 fully saturated rings. The number of hydrogen-bond acceptors (Lipinski definition) is 3. The van der Waals surface area contributed by atoms with Crippen LogP contribution < -0.4 is 5.32 Å². The lowest BCUT2D eigenvalue weighted by atomic mass is 9.85. The van der Waals surface area contributed by atoms with Gasteiger partial charge in [-0.25, -0.2) is 0 Å². The minimum Gasteiger partial charge on any atom is -0.353 e. The molecule has 3 nitrogen and oxygen atoms in total. The molecule has 0 saturated heterocycles. The zero-order valence-corrected chi connectivity index (χ0v) is 12.1. The highest BCUT2D eigenvalue weighted by molar-refractivity contribution is 5.82. The van der Waals surface area contributed by atoms with Crippen LogP contribution in [0.15, 0.2) is 42.5 Å². The molecule has 0 unspecified atom stereocenters. The predicted molar refractivity (Wildman–Crippen MR) is 80.6 cm³/mol. The van der Waals surface area contributed by atoms with Crippen molar-refractivity contribution in [1.29, 1.82) is 0 Å². The molecule has 2 aromatic carbocycles. The van der Waals surface area contributed by atoms with Gasteiger partial charge in [0.15, 0.2) is 5.79 Å². The number of nitrogens with one attached hydrogen (secondary N) is 1. The summed E-state index contributed by atoms with van der Waals surface area (Å²) in [6, 6.07) is 15.5. The first-order valence-corrected chi connectivity index (χ1v) is 7.06. The average molecular weight is 271 g/mol. The van der Waals surface area contributed by atoms with Gasteiger partial charge in [0.2, 0.25) is 0 Å². The molecule has 1 saturated carbocycles. The van der Waals surface area contributed by atoms with Gasteiger partial charge in [-0.2, -0.15) is 0 Å². The van der Waals surface area contributed by atoms with E-state index >= 15 is 0 Å². The normalized spacial score (nSPS) is 18.1. The second-order valence-electron chi connectivity index (χ2n) is 5.49. The quantitative estimate of drug-likeness (QED) is 0.848. The average Bonchev–Trinajstić information content (AvgIpc) is 2.46. The summed E-state index contributed by atoms with van der Waals surface area (Å²) in [5.41, 5.74) is 1.32. The van der Waals surface area contributed by atoms with E-state index < -0.39 is 0 Å². The van der Waals surface area contributed by atoms with E-state index in [1.165, 1.54) is 16.3 Å². The Hall–Kier alpha value is -1.42. The lowest BCUT2D eigenvalue weighted by Gasteiger charge is -2.45. The van der Waals surface area contributed by atoms with E-state index in [-0.39, 0.29) is 5.79 Å². The van der Waals surface area contributed by atoms with E-state index in [4.69, 9.17) is 9.47 Å². The number of rotatable bonds is 5. The highest BCUT2D eigenvalue weighted by atomic mass is 16.7. The minimum atomic E-state index is -0.360. The molecule has 1 aliphatic carbocycles. The second kappa shape index (κ2) is 5.52. The van der Waals surface area contributed by atoms with Crippen LogP contribution in [0.4, 0.5) is 0 Å². The van der Waals surface area contributed by atoms with Gasteiger partial charge in [-0.1, -0.05) is 36.4 Å². The Morgan fingerprint density at radius 2 is 1.75 bits per heavy atom. The van der Waals surface area contributed by atoms with Gasteiger partial charge in [0.05, 0.1) is 0 Å². The molecule has 2 aromatic rings. The van der Waals surface area contributed by atoms with Crippen molar-refractivity contribution >= 4 is 10.8 Å². The molecular formula is C17H21NO2. The van der Waals surface area contributed by atoms with Crippen molar-refractivity contribution in [3.05, 3.63) is 48.0 Å². The zero-order valence-electron chi connectivity index (χ0n) is 12.1. The molecule has 0 heterocycles. The Morgan fingerprint density at radius 1 is 1.05 bits per heavy atom. The molecule has 20 heavy (non-hydrogen) atoms. The van der Waals surface area contributed by atoms with Crippen molar-refractivity contribution in [2.45, 2.75) is 31.2 Å². The second-order valence-corrected chi connectivity index (χ2v) is 5.49. The Kier molecular flexibility index (Phi) is 3.74. The molecule has 0 amide bonds. The Morgan fingerprint density at radius 3 is 2.45 bits per heavy atom. The first-order valence-electron chi connectivity index (χ1n) is 7.06. The van der Waals surface area contributed by atoms with Crippen LogP contribution in [0, 0.1) is 0 Å². The molecule has 0 radical (unpaired) electrons. The van der Waals surface area contributed by atoms with Crippen LogP contribution in [0.2, 0.25) is 0 Å². The molecule has 3 heteroatoms. The zero-order chi connectivity index (χ0) is 14.0. The molecule has 106 valence electrons. The van der Waals surface area contributed by atoms with Gasteiger partial charge in [-0.3, -0.25) is 0 Å². The SMILES string of the molecule is COC1(OC)CC(NCc2ccc3ccccc3c2)C1. The number of benzene rings is 2. The molecule has 0 aliphatic heterocycles. The van der Waals surface area contributed by atoms with E-state index in [0.717, 1.165) is 19.4 Å². The fraction of sp³-hybridized carbons (Fsp3) is 0.412. The van der Waals surface area contributed by atoms with E-state index in [1.807, 2.05) is 0 Å². The van der Waals surface area contributed by atoms with Crippen molar-refractivity contribution in [3.8, 4) is 0 Å². The number of fused-ring (bicyclic) bond motifs is 1. The maximum Gasteiger partial charge on any atom is 0.170 e. The highest BCUT2D eigenvalue weighted by Gasteiger charge is 2.44. The standard InChI is InChI=1S/C17H21NO2/c1-19-17(20-2)10-16(11-17)18-12-13-7-8-14-5-3-4-6-15(14)9-13/h3-9,16,18H,10-12H2,1-2H3. The summed E-state index contributed by atoms with van der Waals surface area (Å²) in [6.45, 7) is 0.888. The fourth-order valence-corrected chi connectivity index (χ4v) is 2.86. The Bertz CT molecular complexity index is 584. The third-order valence-corrected chi connectivity index (χ3v) is 4.27. The number of methoxy groups -OCH3 is 2. The Balaban J connectivity index is 1.58. The van der Waals surface area contributed by atoms with Gasteiger partial charge in [-0.05, 0) is 22.4 Å². The molecule has 3 rings (SSSR count). The molecule has 1 aliphatic rings. The van der Waals surface area contributed by atoms with Crippen molar-refractivity contribution in [2.75, 3.05) is 14.2 Å². The largest absolute Gasteiger partial charge is 0.353 e. The van der Waals surface area contributed by atoms with Crippen LogP contribution in [-0.4, -0.2) is 26.0 Å². The van der Waals surface area contributed by atoms with Crippen LogP contribution in [0.25, 0.3) is 10.8 Å². The van der Waals surface area contributed by atoms with Gasteiger partial charge in [0.25, 0.3) is 0 Å². The van der Waals surface area contributed by atoms with Crippen molar-refractivity contribution in [3.63, 3.8) is 0 Å². The van der Waals surface area contributed by atoms with Gasteiger partial charge in [0.1, 0.15) is 0 Å². The lowest BCUT2D eigenvalue weighted by Crippen LogP contribution is -2.55. The van der Waals surface area contributed by atoms with Crippen LogP contribution in [0.1, 0.15) is 18.4 Å². The lowest BCUT2D eigenvalue weighted by molar-refractivity contribution is -0.259. The van der Waals surface area contributed by atoms with E-state index in [9.17, 15) is 0 Å². The molecule has 1 N–H and O–H groups in total. The van der Waals surface area contributed by atoms with Crippen LogP contribution in [-0.2, 0) is 16.0 Å². The summed E-state index contributed by atoms with van der Waals surface area (Å²) in [5.74, 6) is -0.360. The fourth-order valence-electron chi connectivity index (χ4n) is 2.86. The molecule has 0 atom stereocenters. The minimum absolute atomic E-state index is 0.360. The molecule has 0 bridgehead atoms. The van der Waals surface area contributed by atoms with Crippen LogP contribution >= 0.6 is 0 Å². The first kappa shape index (κ1) is 13.6. The first-order chi connectivity index (χ1) is 9.74. The summed E-state index contributed by atoms with van der Waals surface area (Å²) in [5, 5.41) is 6.15. The predicted octanol–water partition coefficient (Wildman–Crippen LogP) is 3.08. The summed E-state index contributed by atoms with van der Waals surface area (Å²) in [6.07, 6.45) is 1.82. The van der Waals surface area contributed by atoms with E-state index in [1.54, 1.807) is 14.2 Å². The van der Waals surface area contributed by atoms with Crippen molar-refractivity contribution in [1.82, 2.24) is 5.32 Å². The molecular weight excluding hydrogens is 250 g/mol. The summed E-state index contributed by atoms with van der Waals surface area (Å²) < 4.78 is 10.8. The van der Waals surface area contributed by atoms with Gasteiger partial charge < -0.3 is 14.8 Å². The maximum atomic E-state index is 5.40. The number of ether oxygens (including phenoxy) is 2. The summed E-state index contributed by atoms with van der Waals surface area (Å²) >= 11 is 0. The third kappa shape index (κ3) is 2.57. The van der Waals surface area contributed by atoms with Crippen molar-refractivity contribution in [2.24, 2.45) is 0 Å². The van der Waals surface area contributed by atoms with Crippen LogP contribution in [0.3, 0.4) is 0 Å². The van der Waals surface area contributed by atoms with Crippen LogP contribution in [0.5, 0.6) is 0 Å². The Labute approximate surface area is 119 Å². The van der Waals surface area contributed by atoms with E-state index in [2.05, 4.69) is 47.8 Å². The molecule has 0 aromatic heterocycles. The monoisotopic (exact) mass is 271 g/mol. The smallest absolute Gasteiger partial charge is 0.170 e. The molecule has 0 spiro atoms. The number of hydrogen-bond donors (Lipinski definition) is 1. The summed E-state index contributed by atoms with van der Waals surface area (Å²) in [7, 11) is 3.42. The van der Waals surface area contributed by atoms with Gasteiger partial charge in [0, 0.05) is 39.6 Å². The van der Waals surface area contributed by atoms with Gasteiger partial charge >= 0.3 is 0 Å². The van der Waals surface area contributed by atoms with Gasteiger partial charge in [-0.15, -0.1) is 0 Å². The summed E-state index contributed by atoms with van der Waals surface area (Å²) in [4.78, 5) is 0. The highest BCUT2D eigenvalue weighted by Crippen LogP contribution is 2.36. The van der Waals surface area contributed by atoms with Crippen molar-refractivity contribution < 1.29 is 9.47 Å². The maximum absolute atomic E-state index is 5.40. The third-order valence-electron chi connectivity index (χ3n) is 4.27. The van der Waals surface area contributed by atoms with E-state index in [0.29, 0.717) is 6.04 Å². The topological polar surface area (TPSA) is 30.5 Å².